The van der Waals surface area contributed by atoms with Gasteiger partial charge in [-0.05, 0) is 29.8 Å². The van der Waals surface area contributed by atoms with Crippen molar-refractivity contribution in [3.63, 3.8) is 0 Å². The summed E-state index contributed by atoms with van der Waals surface area (Å²) in [6, 6.07) is 13.3. The normalized spacial score (nSPS) is 11.9. The van der Waals surface area contributed by atoms with Gasteiger partial charge in [0.05, 0.1) is 12.7 Å². The Hall–Kier alpha value is -2.76. The molecule has 0 radical (unpaired) electrons. The average molecular weight is 321 g/mol. The lowest BCUT2D eigenvalue weighted by atomic mass is 10.1. The number of carbonyl (C=O) groups is 1. The lowest BCUT2D eigenvalue weighted by molar-refractivity contribution is -0.0691. The summed E-state index contributed by atoms with van der Waals surface area (Å²) in [4.78, 5) is 11.9. The molecule has 0 aliphatic carbocycles. The molecule has 0 fully saturated rings. The molecule has 0 aromatic heterocycles. The maximum Gasteiger partial charge on any atom is 0.418 e. The van der Waals surface area contributed by atoms with E-state index < -0.39 is 17.7 Å². The van der Waals surface area contributed by atoms with E-state index >= 15 is 0 Å². The monoisotopic (exact) mass is 321 g/mol. The Morgan fingerprint density at radius 3 is 2.13 bits per heavy atom. The van der Waals surface area contributed by atoms with E-state index in [1.54, 1.807) is 18.2 Å². The molecule has 2 rings (SSSR count). The standard InChI is InChI=1S/C17H14F3NO2/c1-23-14-9-7-13(8-10-14)16(22)21-11-15(17(18,19)20)12-5-3-2-4-6-12/h2-11H,1H3,(H,21,22). The van der Waals surface area contributed by atoms with E-state index in [1.807, 2.05) is 0 Å². The number of hydrogen-bond acceptors (Lipinski definition) is 2. The van der Waals surface area contributed by atoms with E-state index in [2.05, 4.69) is 5.32 Å². The lowest BCUT2D eigenvalue weighted by Gasteiger charge is -2.12. The molecule has 0 aliphatic rings. The number of halogens is 3. The highest BCUT2D eigenvalue weighted by atomic mass is 19.4. The van der Waals surface area contributed by atoms with Gasteiger partial charge in [-0.2, -0.15) is 13.2 Å². The first-order valence-corrected chi connectivity index (χ1v) is 6.69. The Balaban J connectivity index is 2.21. The molecule has 2 aromatic carbocycles. The van der Waals surface area contributed by atoms with E-state index in [-0.39, 0.29) is 11.1 Å². The largest absolute Gasteiger partial charge is 0.497 e. The van der Waals surface area contributed by atoms with Crippen LogP contribution in [0.25, 0.3) is 5.57 Å². The maximum atomic E-state index is 13.1. The van der Waals surface area contributed by atoms with Gasteiger partial charge >= 0.3 is 6.18 Å². The van der Waals surface area contributed by atoms with Crippen molar-refractivity contribution in [2.45, 2.75) is 6.18 Å². The van der Waals surface area contributed by atoms with Crippen molar-refractivity contribution >= 4 is 11.5 Å². The highest BCUT2D eigenvalue weighted by Crippen LogP contribution is 2.33. The molecule has 3 nitrogen and oxygen atoms in total. The van der Waals surface area contributed by atoms with Gasteiger partial charge in [0.15, 0.2) is 0 Å². The van der Waals surface area contributed by atoms with Gasteiger partial charge in [-0.25, -0.2) is 0 Å². The minimum atomic E-state index is -4.57. The lowest BCUT2D eigenvalue weighted by Crippen LogP contribution is -2.21. The van der Waals surface area contributed by atoms with Gasteiger partial charge in [-0.15, -0.1) is 0 Å². The molecule has 23 heavy (non-hydrogen) atoms. The van der Waals surface area contributed by atoms with Gasteiger partial charge in [0.2, 0.25) is 0 Å². The van der Waals surface area contributed by atoms with Crippen LogP contribution in [0.4, 0.5) is 13.2 Å². The van der Waals surface area contributed by atoms with E-state index in [9.17, 15) is 18.0 Å². The zero-order chi connectivity index (χ0) is 16.9. The second kappa shape index (κ2) is 7.00. The Morgan fingerprint density at radius 2 is 1.61 bits per heavy atom. The summed E-state index contributed by atoms with van der Waals surface area (Å²) < 4.78 is 44.3. The van der Waals surface area contributed by atoms with E-state index in [0.29, 0.717) is 11.9 Å². The van der Waals surface area contributed by atoms with Crippen molar-refractivity contribution in [3.8, 4) is 5.75 Å². The fourth-order valence-corrected chi connectivity index (χ4v) is 1.91. The van der Waals surface area contributed by atoms with Gasteiger partial charge in [0.25, 0.3) is 5.91 Å². The van der Waals surface area contributed by atoms with E-state index in [1.165, 1.54) is 43.5 Å². The molecule has 0 saturated heterocycles. The number of methoxy groups -OCH3 is 1. The molecule has 6 heteroatoms. The second-order valence-corrected chi connectivity index (χ2v) is 4.62. The van der Waals surface area contributed by atoms with Crippen LogP contribution in [0.3, 0.4) is 0 Å². The van der Waals surface area contributed by atoms with Gasteiger partial charge < -0.3 is 10.1 Å². The maximum absolute atomic E-state index is 13.1. The predicted octanol–water partition coefficient (Wildman–Crippen LogP) is 4.03. The Bertz CT molecular complexity index is 692. The summed E-state index contributed by atoms with van der Waals surface area (Å²) >= 11 is 0. The smallest absolute Gasteiger partial charge is 0.418 e. The third-order valence-corrected chi connectivity index (χ3v) is 3.09. The molecule has 0 bridgehead atoms. The number of amides is 1. The summed E-state index contributed by atoms with van der Waals surface area (Å²) in [7, 11) is 1.48. The molecule has 0 unspecified atom stereocenters. The average Bonchev–Trinajstić information content (AvgIpc) is 2.54. The SMILES string of the molecule is COc1ccc(C(=O)NC=C(c2ccccc2)C(F)(F)F)cc1. The minimum Gasteiger partial charge on any atom is -0.497 e. The molecule has 0 atom stereocenters. The van der Waals surface area contributed by atoms with Crippen LogP contribution < -0.4 is 10.1 Å². The van der Waals surface area contributed by atoms with Crippen LogP contribution in [0.2, 0.25) is 0 Å². The van der Waals surface area contributed by atoms with Gasteiger partial charge in [0.1, 0.15) is 5.75 Å². The molecule has 0 aliphatic heterocycles. The fraction of sp³-hybridized carbons (Fsp3) is 0.118. The highest BCUT2D eigenvalue weighted by Gasteiger charge is 2.34. The Kier molecular flexibility index (Phi) is 5.05. The van der Waals surface area contributed by atoms with Crippen LogP contribution in [-0.2, 0) is 0 Å². The van der Waals surface area contributed by atoms with Crippen molar-refractivity contribution in [3.05, 3.63) is 71.9 Å². The number of alkyl halides is 3. The zero-order valence-corrected chi connectivity index (χ0v) is 12.2. The summed E-state index contributed by atoms with van der Waals surface area (Å²) in [6.07, 6.45) is -3.89. The predicted molar refractivity (Wildman–Crippen MR) is 80.9 cm³/mol. The first-order valence-electron chi connectivity index (χ1n) is 6.69. The number of carbonyl (C=O) groups excluding carboxylic acids is 1. The first kappa shape index (κ1) is 16.6. The third-order valence-electron chi connectivity index (χ3n) is 3.09. The van der Waals surface area contributed by atoms with Crippen LogP contribution in [-0.4, -0.2) is 19.2 Å². The minimum absolute atomic E-state index is 0.0185. The highest BCUT2D eigenvalue weighted by molar-refractivity contribution is 5.95. The molecule has 1 amide bonds. The number of nitrogens with one attached hydrogen (secondary N) is 1. The zero-order valence-electron chi connectivity index (χ0n) is 12.2. The number of hydrogen-bond donors (Lipinski definition) is 1. The van der Waals surface area contributed by atoms with E-state index in [0.717, 1.165) is 0 Å². The Labute approximate surface area is 131 Å². The van der Waals surface area contributed by atoms with Crippen LogP contribution in [0.15, 0.2) is 60.8 Å². The van der Waals surface area contributed by atoms with Crippen LogP contribution in [0.5, 0.6) is 5.75 Å². The summed E-state index contributed by atoms with van der Waals surface area (Å²) in [5, 5.41) is 2.18. The fourth-order valence-electron chi connectivity index (χ4n) is 1.91. The van der Waals surface area contributed by atoms with Crippen molar-refractivity contribution in [2.75, 3.05) is 7.11 Å². The van der Waals surface area contributed by atoms with Crippen LogP contribution in [0, 0.1) is 0 Å². The quantitative estimate of drug-likeness (QED) is 0.923. The molecule has 0 spiro atoms. The summed E-state index contributed by atoms with van der Waals surface area (Å²) in [5.74, 6) is -0.0808. The van der Waals surface area contributed by atoms with Gasteiger partial charge in [-0.3, -0.25) is 4.79 Å². The van der Waals surface area contributed by atoms with E-state index in [4.69, 9.17) is 4.74 Å². The first-order chi connectivity index (χ1) is 10.9. The summed E-state index contributed by atoms with van der Waals surface area (Å²) in [6.45, 7) is 0. The van der Waals surface area contributed by atoms with Gasteiger partial charge in [0, 0.05) is 11.8 Å². The Morgan fingerprint density at radius 1 is 1.00 bits per heavy atom. The molecular formula is C17H14F3NO2. The van der Waals surface area contributed by atoms with Crippen LogP contribution >= 0.6 is 0 Å². The molecule has 0 saturated carbocycles. The molecule has 1 N–H and O–H groups in total. The van der Waals surface area contributed by atoms with Crippen LogP contribution in [0.1, 0.15) is 15.9 Å². The number of ether oxygens (including phenoxy) is 1. The van der Waals surface area contributed by atoms with Crippen molar-refractivity contribution < 1.29 is 22.7 Å². The van der Waals surface area contributed by atoms with Crippen molar-refractivity contribution in [2.24, 2.45) is 0 Å². The van der Waals surface area contributed by atoms with Gasteiger partial charge in [-0.1, -0.05) is 30.3 Å². The summed E-state index contributed by atoms with van der Waals surface area (Å²) in [5.41, 5.74) is -0.702. The number of allylic oxidation sites excluding steroid dienone is 1. The van der Waals surface area contributed by atoms with Crippen molar-refractivity contribution in [1.82, 2.24) is 5.32 Å². The molecule has 2 aromatic rings. The number of rotatable bonds is 4. The third kappa shape index (κ3) is 4.35. The number of benzene rings is 2. The topological polar surface area (TPSA) is 38.3 Å². The molecular weight excluding hydrogens is 307 g/mol. The molecule has 120 valence electrons. The molecule has 0 heterocycles. The second-order valence-electron chi connectivity index (χ2n) is 4.62. The van der Waals surface area contributed by atoms with Crippen molar-refractivity contribution in [1.29, 1.82) is 0 Å².